The number of carbonyl (C=O) groups is 2. The first kappa shape index (κ1) is 12.0. The number of carboxylic acids is 1. The van der Waals surface area contributed by atoms with E-state index < -0.39 is 5.97 Å². The molecule has 1 aromatic carbocycles. The Bertz CT molecular complexity index is 440. The number of hydrogen-bond donors (Lipinski definition) is 2. The van der Waals surface area contributed by atoms with Gasteiger partial charge in [-0.15, -0.1) is 0 Å². The van der Waals surface area contributed by atoms with Crippen LogP contribution in [-0.2, 0) is 4.79 Å². The number of methoxy groups -OCH3 is 1. The maximum atomic E-state index is 10.9. The zero-order valence-electron chi connectivity index (χ0n) is 9.33. The van der Waals surface area contributed by atoms with Crippen LogP contribution in [-0.4, -0.2) is 24.1 Å². The maximum Gasteiger partial charge on any atom is 0.339 e. The van der Waals surface area contributed by atoms with E-state index in [9.17, 15) is 9.59 Å². The molecule has 0 saturated heterocycles. The molecule has 0 heterocycles. The first-order valence-corrected chi connectivity index (χ1v) is 4.65. The molecule has 1 amide bonds. The predicted molar refractivity (Wildman–Crippen MR) is 59.0 cm³/mol. The average Bonchev–Trinajstić information content (AvgIpc) is 2.19. The summed E-state index contributed by atoms with van der Waals surface area (Å²) < 4.78 is 5.03. The molecular formula is C11H13NO4. The topological polar surface area (TPSA) is 75.6 Å². The lowest BCUT2D eigenvalue weighted by atomic mass is 10.1. The molecule has 16 heavy (non-hydrogen) atoms. The minimum Gasteiger partial charge on any atom is -0.495 e. The van der Waals surface area contributed by atoms with Gasteiger partial charge in [-0.1, -0.05) is 0 Å². The SMILES string of the molecule is COc1c(C(=O)O)ccc(NC(C)=O)c1C. The van der Waals surface area contributed by atoms with Gasteiger partial charge in [-0.25, -0.2) is 4.79 Å². The molecule has 0 bridgehead atoms. The fraction of sp³-hybridized carbons (Fsp3) is 0.273. The van der Waals surface area contributed by atoms with Crippen LogP contribution in [0.2, 0.25) is 0 Å². The van der Waals surface area contributed by atoms with Crippen molar-refractivity contribution in [2.75, 3.05) is 12.4 Å². The summed E-state index contributed by atoms with van der Waals surface area (Å²) >= 11 is 0. The van der Waals surface area contributed by atoms with Gasteiger partial charge in [0.15, 0.2) is 0 Å². The van der Waals surface area contributed by atoms with E-state index in [1.165, 1.54) is 20.1 Å². The molecule has 2 N–H and O–H groups in total. The minimum absolute atomic E-state index is 0.0779. The number of aromatic carboxylic acids is 1. The number of ether oxygens (including phenoxy) is 1. The lowest BCUT2D eigenvalue weighted by Gasteiger charge is -2.13. The van der Waals surface area contributed by atoms with Gasteiger partial charge in [0.05, 0.1) is 7.11 Å². The van der Waals surface area contributed by atoms with Crippen LogP contribution in [0.4, 0.5) is 5.69 Å². The largest absolute Gasteiger partial charge is 0.495 e. The van der Waals surface area contributed by atoms with Gasteiger partial charge in [0, 0.05) is 18.2 Å². The minimum atomic E-state index is -1.06. The Hall–Kier alpha value is -2.04. The number of carbonyl (C=O) groups excluding carboxylic acids is 1. The van der Waals surface area contributed by atoms with Crippen LogP contribution >= 0.6 is 0 Å². The van der Waals surface area contributed by atoms with Crippen LogP contribution in [0.1, 0.15) is 22.8 Å². The number of hydrogen-bond acceptors (Lipinski definition) is 3. The second kappa shape index (κ2) is 4.65. The molecule has 0 aliphatic carbocycles. The lowest BCUT2D eigenvalue weighted by molar-refractivity contribution is -0.114. The fourth-order valence-corrected chi connectivity index (χ4v) is 1.45. The van der Waals surface area contributed by atoms with E-state index in [1.807, 2.05) is 0 Å². The van der Waals surface area contributed by atoms with Gasteiger partial charge >= 0.3 is 5.97 Å². The van der Waals surface area contributed by atoms with E-state index in [4.69, 9.17) is 9.84 Å². The maximum absolute atomic E-state index is 10.9. The van der Waals surface area contributed by atoms with Gasteiger partial charge in [-0.05, 0) is 19.1 Å². The van der Waals surface area contributed by atoms with Gasteiger partial charge in [0.25, 0.3) is 0 Å². The van der Waals surface area contributed by atoms with Crippen LogP contribution in [0.3, 0.4) is 0 Å². The summed E-state index contributed by atoms with van der Waals surface area (Å²) in [5.74, 6) is -1.01. The summed E-state index contributed by atoms with van der Waals surface area (Å²) in [6, 6.07) is 2.95. The Morgan fingerprint density at radius 1 is 1.38 bits per heavy atom. The fourth-order valence-electron chi connectivity index (χ4n) is 1.45. The van der Waals surface area contributed by atoms with E-state index >= 15 is 0 Å². The molecular weight excluding hydrogens is 210 g/mol. The summed E-state index contributed by atoms with van der Waals surface area (Å²) in [5.41, 5.74) is 1.22. The Kier molecular flexibility index (Phi) is 3.50. The van der Waals surface area contributed by atoms with E-state index in [1.54, 1.807) is 13.0 Å². The average molecular weight is 223 g/mol. The first-order chi connectivity index (χ1) is 7.47. The molecule has 0 atom stereocenters. The van der Waals surface area contributed by atoms with Crippen molar-refractivity contribution in [2.45, 2.75) is 13.8 Å². The quantitative estimate of drug-likeness (QED) is 0.817. The van der Waals surface area contributed by atoms with Crippen molar-refractivity contribution >= 4 is 17.6 Å². The molecule has 0 aliphatic heterocycles. The lowest BCUT2D eigenvalue weighted by Crippen LogP contribution is -2.09. The first-order valence-electron chi connectivity index (χ1n) is 4.65. The number of benzene rings is 1. The van der Waals surface area contributed by atoms with Gasteiger partial charge in [0.1, 0.15) is 11.3 Å². The molecule has 0 unspecified atom stereocenters. The second-order valence-corrected chi connectivity index (χ2v) is 3.31. The van der Waals surface area contributed by atoms with Crippen molar-refractivity contribution in [3.05, 3.63) is 23.3 Å². The molecule has 1 rings (SSSR count). The van der Waals surface area contributed by atoms with Gasteiger partial charge in [0.2, 0.25) is 5.91 Å². The molecule has 1 aromatic rings. The highest BCUT2D eigenvalue weighted by Crippen LogP contribution is 2.29. The van der Waals surface area contributed by atoms with Crippen LogP contribution in [0.5, 0.6) is 5.75 Å². The third-order valence-corrected chi connectivity index (χ3v) is 2.15. The predicted octanol–water partition coefficient (Wildman–Crippen LogP) is 1.66. The third-order valence-electron chi connectivity index (χ3n) is 2.15. The molecule has 5 nitrogen and oxygen atoms in total. The number of nitrogens with one attached hydrogen (secondary N) is 1. The van der Waals surface area contributed by atoms with E-state index in [0.717, 1.165) is 0 Å². The van der Waals surface area contributed by atoms with Crippen molar-refractivity contribution < 1.29 is 19.4 Å². The van der Waals surface area contributed by atoms with Gasteiger partial charge < -0.3 is 15.2 Å². The molecule has 5 heteroatoms. The summed E-state index contributed by atoms with van der Waals surface area (Å²) in [4.78, 5) is 21.8. The highest BCUT2D eigenvalue weighted by Gasteiger charge is 2.15. The van der Waals surface area contributed by atoms with Crippen LogP contribution in [0.25, 0.3) is 0 Å². The summed E-state index contributed by atoms with van der Waals surface area (Å²) in [7, 11) is 1.40. The number of carboxylic acid groups (broad SMARTS) is 1. The molecule has 0 fully saturated rings. The monoisotopic (exact) mass is 223 g/mol. The summed E-state index contributed by atoms with van der Waals surface area (Å²) in [6.07, 6.45) is 0. The van der Waals surface area contributed by atoms with Crippen LogP contribution < -0.4 is 10.1 Å². The van der Waals surface area contributed by atoms with Crippen LogP contribution in [0.15, 0.2) is 12.1 Å². The molecule has 0 radical (unpaired) electrons. The number of anilines is 1. The molecule has 0 aromatic heterocycles. The van der Waals surface area contributed by atoms with E-state index in [0.29, 0.717) is 11.3 Å². The Morgan fingerprint density at radius 2 is 2.00 bits per heavy atom. The summed E-state index contributed by atoms with van der Waals surface area (Å²) in [5, 5.41) is 11.5. The van der Waals surface area contributed by atoms with Crippen LogP contribution in [0, 0.1) is 6.92 Å². The number of rotatable bonds is 3. The zero-order valence-corrected chi connectivity index (χ0v) is 9.33. The van der Waals surface area contributed by atoms with Crippen molar-refractivity contribution in [3.63, 3.8) is 0 Å². The van der Waals surface area contributed by atoms with Gasteiger partial charge in [-0.3, -0.25) is 4.79 Å². The molecule has 0 aliphatic rings. The van der Waals surface area contributed by atoms with Crippen molar-refractivity contribution in [1.82, 2.24) is 0 Å². The smallest absolute Gasteiger partial charge is 0.339 e. The highest BCUT2D eigenvalue weighted by atomic mass is 16.5. The molecule has 86 valence electrons. The Labute approximate surface area is 93.0 Å². The Balaban J connectivity index is 3.28. The standard InChI is InChI=1S/C11H13NO4/c1-6-9(12-7(2)13)5-4-8(11(14)15)10(6)16-3/h4-5H,1-3H3,(H,12,13)(H,14,15). The molecule has 0 saturated carbocycles. The summed E-state index contributed by atoms with van der Waals surface area (Å²) in [6.45, 7) is 3.08. The van der Waals surface area contributed by atoms with Crippen molar-refractivity contribution in [3.8, 4) is 5.75 Å². The second-order valence-electron chi connectivity index (χ2n) is 3.31. The van der Waals surface area contributed by atoms with E-state index in [-0.39, 0.29) is 17.2 Å². The van der Waals surface area contributed by atoms with Crippen molar-refractivity contribution in [1.29, 1.82) is 0 Å². The molecule has 0 spiro atoms. The zero-order chi connectivity index (χ0) is 12.3. The van der Waals surface area contributed by atoms with Gasteiger partial charge in [-0.2, -0.15) is 0 Å². The normalized spacial score (nSPS) is 9.69. The number of amides is 1. The van der Waals surface area contributed by atoms with E-state index in [2.05, 4.69) is 5.32 Å². The highest BCUT2D eigenvalue weighted by molar-refractivity contribution is 5.95. The Morgan fingerprint density at radius 3 is 2.44 bits per heavy atom. The third kappa shape index (κ3) is 2.31. The van der Waals surface area contributed by atoms with Crippen molar-refractivity contribution in [2.24, 2.45) is 0 Å².